The van der Waals surface area contributed by atoms with Gasteiger partial charge in [-0.05, 0) is 56.3 Å². The van der Waals surface area contributed by atoms with Crippen LogP contribution in [0.1, 0.15) is 59.8 Å². The number of nitrogens with zero attached hydrogens (tertiary/aromatic N) is 2. The summed E-state index contributed by atoms with van der Waals surface area (Å²) in [6, 6.07) is 0. The standard InChI is InChI=1S/C23H29FN2.C2H6/c1-5-8-20-15-26-12-7-6-9-21(26)25-23(20)16(2)10-11-19-13-17(3)22(24)18(4)14-19;1-2/h5,7,9,12-13,18,20H,1-2,6,8,10-11,14-15H2,3-4H3;1-2H3. The molecule has 0 amide bonds. The molecule has 0 spiro atoms. The summed E-state index contributed by atoms with van der Waals surface area (Å²) in [6.07, 6.45) is 14.9. The van der Waals surface area contributed by atoms with Gasteiger partial charge < -0.3 is 4.90 Å². The van der Waals surface area contributed by atoms with E-state index in [1.165, 1.54) is 5.57 Å². The molecule has 0 saturated carbocycles. The lowest BCUT2D eigenvalue weighted by molar-refractivity contribution is 0.388. The summed E-state index contributed by atoms with van der Waals surface area (Å²) in [5, 5.41) is 0. The van der Waals surface area contributed by atoms with Gasteiger partial charge in [-0.3, -0.25) is 0 Å². The minimum atomic E-state index is -0.00320. The maximum atomic E-state index is 13.9. The van der Waals surface area contributed by atoms with Crippen molar-refractivity contribution in [2.45, 2.75) is 59.8 Å². The highest BCUT2D eigenvalue weighted by Crippen LogP contribution is 2.34. The number of hydrogen-bond acceptors (Lipinski definition) is 2. The first-order valence-electron chi connectivity index (χ1n) is 10.6. The Morgan fingerprint density at radius 3 is 2.82 bits per heavy atom. The maximum absolute atomic E-state index is 13.9. The molecule has 0 saturated heterocycles. The third kappa shape index (κ3) is 5.21. The fourth-order valence-corrected chi connectivity index (χ4v) is 4.03. The Kier molecular flexibility index (Phi) is 8.22. The van der Waals surface area contributed by atoms with E-state index in [9.17, 15) is 4.39 Å². The third-order valence-electron chi connectivity index (χ3n) is 5.41. The van der Waals surface area contributed by atoms with Crippen molar-refractivity contribution in [1.82, 2.24) is 4.90 Å². The first-order chi connectivity index (χ1) is 13.5. The molecule has 2 unspecified atom stereocenters. The van der Waals surface area contributed by atoms with E-state index in [0.717, 1.165) is 61.3 Å². The Balaban J connectivity index is 0.00000136. The second-order valence-electron chi connectivity index (χ2n) is 7.60. The average molecular weight is 383 g/mol. The first-order valence-corrected chi connectivity index (χ1v) is 10.6. The Morgan fingerprint density at radius 1 is 1.39 bits per heavy atom. The fraction of sp³-hybridized carbons (Fsp3) is 0.480. The normalized spacial score (nSPS) is 23.8. The van der Waals surface area contributed by atoms with E-state index >= 15 is 0 Å². The van der Waals surface area contributed by atoms with Crippen LogP contribution >= 0.6 is 0 Å². The third-order valence-corrected chi connectivity index (χ3v) is 5.41. The summed E-state index contributed by atoms with van der Waals surface area (Å²) in [6.45, 7) is 17.0. The maximum Gasteiger partial charge on any atom is 0.129 e. The van der Waals surface area contributed by atoms with Gasteiger partial charge in [-0.25, -0.2) is 9.38 Å². The fourth-order valence-electron chi connectivity index (χ4n) is 4.03. The molecule has 2 nitrogen and oxygen atoms in total. The van der Waals surface area contributed by atoms with E-state index in [0.29, 0.717) is 5.92 Å². The summed E-state index contributed by atoms with van der Waals surface area (Å²) >= 11 is 0. The smallest absolute Gasteiger partial charge is 0.129 e. The van der Waals surface area contributed by atoms with E-state index in [1.54, 1.807) is 0 Å². The quantitative estimate of drug-likeness (QED) is 0.441. The van der Waals surface area contributed by atoms with Gasteiger partial charge in [0.25, 0.3) is 0 Å². The van der Waals surface area contributed by atoms with Crippen LogP contribution < -0.4 is 0 Å². The summed E-state index contributed by atoms with van der Waals surface area (Å²) in [5.74, 6) is 1.40. The molecule has 0 fully saturated rings. The van der Waals surface area contributed by atoms with Gasteiger partial charge in [0, 0.05) is 24.6 Å². The molecule has 3 heteroatoms. The summed E-state index contributed by atoms with van der Waals surface area (Å²) in [7, 11) is 0. The van der Waals surface area contributed by atoms with Crippen LogP contribution in [0.25, 0.3) is 0 Å². The molecule has 3 aliphatic rings. The minimum Gasteiger partial charge on any atom is -0.333 e. The molecule has 3 rings (SSSR count). The number of fused-ring (bicyclic) bond motifs is 1. The monoisotopic (exact) mass is 382 g/mol. The Hall–Kier alpha value is -2.16. The summed E-state index contributed by atoms with van der Waals surface area (Å²) in [4.78, 5) is 7.14. The van der Waals surface area contributed by atoms with Crippen molar-refractivity contribution >= 4 is 5.71 Å². The van der Waals surface area contributed by atoms with Crippen LogP contribution in [0.3, 0.4) is 0 Å². The van der Waals surface area contributed by atoms with Crippen LogP contribution in [-0.2, 0) is 0 Å². The molecule has 2 aliphatic heterocycles. The minimum absolute atomic E-state index is 0.00320. The number of rotatable bonds is 6. The molecule has 1 aliphatic carbocycles. The highest BCUT2D eigenvalue weighted by atomic mass is 19.1. The molecule has 0 aromatic heterocycles. The molecular formula is C25H35FN2. The molecule has 0 aromatic rings. The van der Waals surface area contributed by atoms with Crippen molar-refractivity contribution in [1.29, 1.82) is 0 Å². The van der Waals surface area contributed by atoms with Crippen molar-refractivity contribution in [3.63, 3.8) is 0 Å². The highest BCUT2D eigenvalue weighted by Gasteiger charge is 2.27. The van der Waals surface area contributed by atoms with Crippen molar-refractivity contribution in [2.75, 3.05) is 6.54 Å². The van der Waals surface area contributed by atoms with Crippen LogP contribution in [0, 0.1) is 11.8 Å². The number of allylic oxidation sites excluding steroid dienone is 8. The molecule has 28 heavy (non-hydrogen) atoms. The van der Waals surface area contributed by atoms with Crippen molar-refractivity contribution in [2.24, 2.45) is 16.8 Å². The highest BCUT2D eigenvalue weighted by molar-refractivity contribution is 6.02. The van der Waals surface area contributed by atoms with Crippen molar-refractivity contribution in [3.05, 3.63) is 72.0 Å². The molecule has 152 valence electrons. The summed E-state index contributed by atoms with van der Waals surface area (Å²) in [5.41, 5.74) is 4.31. The predicted molar refractivity (Wildman–Crippen MR) is 120 cm³/mol. The average Bonchev–Trinajstić information content (AvgIpc) is 2.71. The Labute approximate surface area is 170 Å². The summed E-state index contributed by atoms with van der Waals surface area (Å²) < 4.78 is 13.9. The molecule has 0 radical (unpaired) electrons. The van der Waals surface area contributed by atoms with Crippen LogP contribution in [0.15, 0.2) is 77.0 Å². The molecule has 0 bridgehead atoms. The van der Waals surface area contributed by atoms with Gasteiger partial charge >= 0.3 is 0 Å². The SMILES string of the molecule is C=CCC1CN2C=CCC=C2N=C1C(=C)CCC1=CC(C)=C(F)C(C)C1.CC. The predicted octanol–water partition coefficient (Wildman–Crippen LogP) is 7.27. The largest absolute Gasteiger partial charge is 0.333 e. The van der Waals surface area contributed by atoms with Crippen LogP contribution in [0.5, 0.6) is 0 Å². The zero-order chi connectivity index (χ0) is 20.7. The van der Waals surface area contributed by atoms with Gasteiger partial charge in [-0.2, -0.15) is 0 Å². The van der Waals surface area contributed by atoms with E-state index in [2.05, 4.69) is 36.4 Å². The van der Waals surface area contributed by atoms with Crippen LogP contribution in [0.2, 0.25) is 0 Å². The molecular weight excluding hydrogens is 347 g/mol. The lowest BCUT2D eigenvalue weighted by atomic mass is 9.85. The van der Waals surface area contributed by atoms with E-state index in [4.69, 9.17) is 4.99 Å². The first kappa shape index (κ1) is 22.1. The molecule has 0 aromatic carbocycles. The Morgan fingerprint density at radius 2 is 2.14 bits per heavy atom. The molecule has 2 atom stereocenters. The van der Waals surface area contributed by atoms with Gasteiger partial charge in [0.1, 0.15) is 11.6 Å². The lowest BCUT2D eigenvalue weighted by Crippen LogP contribution is -2.35. The van der Waals surface area contributed by atoms with Gasteiger partial charge in [0.15, 0.2) is 0 Å². The number of aliphatic imine (C=N–C) groups is 1. The second kappa shape index (κ2) is 10.4. The topological polar surface area (TPSA) is 15.6 Å². The van der Waals surface area contributed by atoms with Gasteiger partial charge in [0.05, 0.1) is 5.71 Å². The number of hydrogen-bond donors (Lipinski definition) is 0. The molecule has 2 heterocycles. The Bertz CT molecular complexity index is 749. The molecule has 0 N–H and O–H groups in total. The van der Waals surface area contributed by atoms with Gasteiger partial charge in [-0.15, -0.1) is 6.58 Å². The number of halogens is 1. The van der Waals surface area contributed by atoms with Crippen molar-refractivity contribution in [3.8, 4) is 0 Å². The zero-order valence-electron chi connectivity index (χ0n) is 18.0. The van der Waals surface area contributed by atoms with Gasteiger partial charge in [-0.1, -0.05) is 51.2 Å². The van der Waals surface area contributed by atoms with E-state index < -0.39 is 0 Å². The van der Waals surface area contributed by atoms with E-state index in [-0.39, 0.29) is 11.7 Å². The second-order valence-corrected chi connectivity index (χ2v) is 7.60. The van der Waals surface area contributed by atoms with Crippen molar-refractivity contribution < 1.29 is 4.39 Å². The lowest BCUT2D eigenvalue weighted by Gasteiger charge is -2.34. The van der Waals surface area contributed by atoms with E-state index in [1.807, 2.05) is 39.8 Å². The van der Waals surface area contributed by atoms with Crippen LogP contribution in [0.4, 0.5) is 4.39 Å². The zero-order valence-corrected chi connectivity index (χ0v) is 18.0. The van der Waals surface area contributed by atoms with Crippen LogP contribution in [-0.4, -0.2) is 17.2 Å². The van der Waals surface area contributed by atoms with Gasteiger partial charge in [0.2, 0.25) is 0 Å².